The fraction of sp³-hybridized carbons (Fsp3) is 0.692. The number of nitrogens with zero attached hydrogens (tertiary/aromatic N) is 1. The second kappa shape index (κ2) is 8.20. The summed E-state index contributed by atoms with van der Waals surface area (Å²) in [4.78, 5) is 26.0. The molecule has 0 spiro atoms. The number of H-pyrrole nitrogens is 1. The van der Waals surface area contributed by atoms with Crippen LogP contribution in [0.4, 0.5) is 0 Å². The summed E-state index contributed by atoms with van der Waals surface area (Å²) in [5.41, 5.74) is -1.22. The summed E-state index contributed by atoms with van der Waals surface area (Å²) in [5, 5.41) is 29.5. The van der Waals surface area contributed by atoms with Crippen LogP contribution >= 0.6 is 0 Å². The van der Waals surface area contributed by atoms with Gasteiger partial charge < -0.3 is 0 Å². The van der Waals surface area contributed by atoms with Crippen LogP contribution in [0.2, 0.25) is 5.32 Å². The van der Waals surface area contributed by atoms with E-state index in [0.717, 1.165) is 4.57 Å². The summed E-state index contributed by atoms with van der Waals surface area (Å²) in [6.07, 6.45) is -3.49. The van der Waals surface area contributed by atoms with Gasteiger partial charge in [-0.1, -0.05) is 0 Å². The molecule has 0 aliphatic carbocycles. The Bertz CT molecular complexity index is 631. The standard InChI is InChI=1S/C13H20N2O7Se/c1-2-21-3-4-23-8-5-15(13(20)14-11(8)19)12-10(18)9(17)7(6-16)22-12/h5,7,9-10,12,16-18H,2-4,6H2,1H3,(H,14,19,20)/t7-,9-,10-,12-/m1/s1. The van der Waals surface area contributed by atoms with Gasteiger partial charge in [0, 0.05) is 0 Å². The molecule has 0 bridgehead atoms. The minimum atomic E-state index is -1.38. The van der Waals surface area contributed by atoms with Gasteiger partial charge in [-0.3, -0.25) is 0 Å². The number of ether oxygens (including phenoxy) is 2. The van der Waals surface area contributed by atoms with Gasteiger partial charge in [0.1, 0.15) is 0 Å². The van der Waals surface area contributed by atoms with Crippen LogP contribution in [0.1, 0.15) is 13.2 Å². The first-order valence-corrected chi connectivity index (χ1v) is 9.24. The minimum absolute atomic E-state index is 0.212. The van der Waals surface area contributed by atoms with Gasteiger partial charge in [0.25, 0.3) is 0 Å². The van der Waals surface area contributed by atoms with Gasteiger partial charge >= 0.3 is 137 Å². The van der Waals surface area contributed by atoms with Crippen molar-refractivity contribution in [3.8, 4) is 0 Å². The molecule has 0 saturated carbocycles. The molecule has 1 aromatic rings. The maximum absolute atomic E-state index is 12.0. The Morgan fingerprint density at radius 3 is 2.74 bits per heavy atom. The Morgan fingerprint density at radius 2 is 2.13 bits per heavy atom. The topological polar surface area (TPSA) is 134 Å². The zero-order chi connectivity index (χ0) is 17.0. The van der Waals surface area contributed by atoms with Crippen LogP contribution in [0.5, 0.6) is 0 Å². The number of aliphatic hydroxyl groups is 3. The zero-order valence-corrected chi connectivity index (χ0v) is 14.3. The van der Waals surface area contributed by atoms with Crippen molar-refractivity contribution in [3.63, 3.8) is 0 Å². The molecule has 1 saturated heterocycles. The normalized spacial score (nSPS) is 27.5. The molecule has 2 heterocycles. The molecule has 1 aromatic heterocycles. The molecular formula is C13H20N2O7Se. The van der Waals surface area contributed by atoms with Crippen molar-refractivity contribution in [1.82, 2.24) is 9.55 Å². The predicted molar refractivity (Wildman–Crippen MR) is 81.0 cm³/mol. The molecule has 4 atom stereocenters. The average molecular weight is 395 g/mol. The van der Waals surface area contributed by atoms with E-state index in [1.54, 1.807) is 0 Å². The number of aromatic amines is 1. The molecule has 1 fully saturated rings. The molecule has 0 radical (unpaired) electrons. The second-order valence-corrected chi connectivity index (χ2v) is 7.32. The van der Waals surface area contributed by atoms with E-state index in [1.165, 1.54) is 6.20 Å². The summed E-state index contributed by atoms with van der Waals surface area (Å²) in [6.45, 7) is 2.50. The molecular weight excluding hydrogens is 375 g/mol. The number of aliphatic hydroxyl groups excluding tert-OH is 3. The van der Waals surface area contributed by atoms with E-state index in [9.17, 15) is 19.8 Å². The van der Waals surface area contributed by atoms with Crippen molar-refractivity contribution >= 4 is 19.4 Å². The Hall–Kier alpha value is -1.00. The van der Waals surface area contributed by atoms with Gasteiger partial charge in [-0.15, -0.1) is 0 Å². The van der Waals surface area contributed by atoms with Crippen LogP contribution in [0.25, 0.3) is 0 Å². The number of hydrogen-bond acceptors (Lipinski definition) is 7. The van der Waals surface area contributed by atoms with Crippen LogP contribution in [-0.2, 0) is 9.47 Å². The van der Waals surface area contributed by atoms with Crippen molar-refractivity contribution in [2.24, 2.45) is 0 Å². The van der Waals surface area contributed by atoms with Crippen LogP contribution in [-0.4, -0.2) is 78.0 Å². The Labute approximate surface area is 138 Å². The average Bonchev–Trinajstić information content (AvgIpc) is 2.81. The summed E-state index contributed by atoms with van der Waals surface area (Å²) >= 11 is -0.212. The van der Waals surface area contributed by atoms with E-state index in [4.69, 9.17) is 14.6 Å². The van der Waals surface area contributed by atoms with Gasteiger partial charge in [-0.25, -0.2) is 0 Å². The van der Waals surface area contributed by atoms with E-state index in [2.05, 4.69) is 4.98 Å². The van der Waals surface area contributed by atoms with Gasteiger partial charge in [0.15, 0.2) is 0 Å². The fourth-order valence-electron chi connectivity index (χ4n) is 2.22. The van der Waals surface area contributed by atoms with Crippen molar-refractivity contribution in [2.45, 2.75) is 36.8 Å². The first-order valence-electron chi connectivity index (χ1n) is 7.18. The molecule has 1 aliphatic rings. The van der Waals surface area contributed by atoms with E-state index < -0.39 is 42.4 Å². The molecule has 9 nitrogen and oxygen atoms in total. The second-order valence-electron chi connectivity index (χ2n) is 4.93. The summed E-state index contributed by atoms with van der Waals surface area (Å²) in [6, 6.07) is 0. The molecule has 0 aromatic carbocycles. The molecule has 130 valence electrons. The number of rotatable bonds is 7. The predicted octanol–water partition coefficient (Wildman–Crippen LogP) is -3.07. The molecule has 23 heavy (non-hydrogen) atoms. The molecule has 10 heteroatoms. The third-order valence-electron chi connectivity index (χ3n) is 3.42. The van der Waals surface area contributed by atoms with Gasteiger partial charge in [0.05, 0.1) is 0 Å². The zero-order valence-electron chi connectivity index (χ0n) is 12.5. The van der Waals surface area contributed by atoms with E-state index in [-0.39, 0.29) is 15.0 Å². The van der Waals surface area contributed by atoms with Crippen molar-refractivity contribution in [2.75, 3.05) is 19.8 Å². The first kappa shape index (κ1) is 18.3. The number of nitrogens with one attached hydrogen (secondary N) is 1. The maximum atomic E-state index is 12.0. The Balaban J connectivity index is 2.22. The SMILES string of the molecule is CCOCC[Se]c1cn([C@@H]2O[C@H](CO)[C@@H](O)[C@H]2O)c(=O)[nH]c1=O. The van der Waals surface area contributed by atoms with Crippen molar-refractivity contribution in [1.29, 1.82) is 0 Å². The van der Waals surface area contributed by atoms with Crippen LogP contribution in [0, 0.1) is 0 Å². The van der Waals surface area contributed by atoms with E-state index in [1.807, 2.05) is 6.92 Å². The summed E-state index contributed by atoms with van der Waals surface area (Å²) in [5.74, 6) is 0. The van der Waals surface area contributed by atoms with Crippen LogP contribution < -0.4 is 15.7 Å². The van der Waals surface area contributed by atoms with E-state index >= 15 is 0 Å². The third kappa shape index (κ3) is 4.10. The third-order valence-corrected chi connectivity index (χ3v) is 5.46. The van der Waals surface area contributed by atoms with Gasteiger partial charge in [-0.05, 0) is 0 Å². The fourth-order valence-corrected chi connectivity index (χ4v) is 3.88. The molecule has 0 unspecified atom stereocenters. The monoisotopic (exact) mass is 396 g/mol. The Kier molecular flexibility index (Phi) is 6.54. The van der Waals surface area contributed by atoms with Crippen molar-refractivity contribution < 1.29 is 24.8 Å². The van der Waals surface area contributed by atoms with Crippen LogP contribution in [0.15, 0.2) is 15.8 Å². The van der Waals surface area contributed by atoms with Gasteiger partial charge in [-0.2, -0.15) is 0 Å². The number of aromatic nitrogens is 2. The molecule has 1 aliphatic heterocycles. The van der Waals surface area contributed by atoms with Crippen LogP contribution in [0.3, 0.4) is 0 Å². The summed E-state index contributed by atoms with van der Waals surface area (Å²) < 4.78 is 12.0. The van der Waals surface area contributed by atoms with E-state index in [0.29, 0.717) is 23.0 Å². The quantitative estimate of drug-likeness (QED) is 0.284. The molecule has 0 amide bonds. The van der Waals surface area contributed by atoms with Gasteiger partial charge in [0.2, 0.25) is 0 Å². The summed E-state index contributed by atoms with van der Waals surface area (Å²) in [7, 11) is 0. The van der Waals surface area contributed by atoms with Crippen molar-refractivity contribution in [3.05, 3.63) is 27.0 Å². The Morgan fingerprint density at radius 1 is 1.39 bits per heavy atom. The molecule has 4 N–H and O–H groups in total. The number of hydrogen-bond donors (Lipinski definition) is 4. The molecule has 2 rings (SSSR count). The first-order chi connectivity index (χ1) is 11.0.